The molecule has 4 amide bonds. The molecule has 0 radical (unpaired) electrons. The smallest absolute Gasteiger partial charge is 0.254 e. The Morgan fingerprint density at radius 3 is 1.29 bits per heavy atom. The predicted octanol–water partition coefficient (Wildman–Crippen LogP) is 9.05. The normalized spacial score (nSPS) is 15.1. The topological polar surface area (TPSA) is 137 Å². The molecule has 0 bridgehead atoms. The van der Waals surface area contributed by atoms with Crippen LogP contribution in [0.3, 0.4) is 0 Å². The number of H-pyrrole nitrogens is 2. The summed E-state index contributed by atoms with van der Waals surface area (Å²) < 4.78 is 1.83. The van der Waals surface area contributed by atoms with Crippen molar-refractivity contribution in [2.45, 2.75) is 12.8 Å². The molecule has 66 heavy (non-hydrogen) atoms. The first-order valence-corrected chi connectivity index (χ1v) is 24.4. The Bertz CT molecular complexity index is 2580. The van der Waals surface area contributed by atoms with Gasteiger partial charge in [-0.2, -0.15) is 0 Å². The van der Waals surface area contributed by atoms with Crippen molar-refractivity contribution in [1.29, 1.82) is 0 Å². The van der Waals surface area contributed by atoms with E-state index in [4.69, 9.17) is 23.2 Å². The van der Waals surface area contributed by atoms with Gasteiger partial charge in [0, 0.05) is 132 Å². The van der Waals surface area contributed by atoms with Gasteiger partial charge in [0.15, 0.2) is 0 Å². The number of nitrogens with one attached hydrogen (secondary N) is 4. The maximum atomic E-state index is 13.6. The van der Waals surface area contributed by atoms with Gasteiger partial charge in [-0.05, 0) is 71.8 Å². The largest absolute Gasteiger partial charge is 0.354 e. The molecule has 0 saturated carbocycles. The highest BCUT2D eigenvalue weighted by atomic mass is 79.9. The van der Waals surface area contributed by atoms with Gasteiger partial charge in [-0.1, -0.05) is 104 Å². The molecule has 342 valence electrons. The van der Waals surface area contributed by atoms with Crippen LogP contribution in [0.25, 0.3) is 46.1 Å². The van der Waals surface area contributed by atoms with E-state index in [-0.39, 0.29) is 36.5 Å². The van der Waals surface area contributed by atoms with Crippen molar-refractivity contribution in [3.8, 4) is 0 Å². The van der Waals surface area contributed by atoms with Crippen LogP contribution in [-0.4, -0.2) is 132 Å². The second kappa shape index (κ2) is 22.1. The molecule has 2 aliphatic rings. The van der Waals surface area contributed by atoms with E-state index in [1.54, 1.807) is 0 Å². The van der Waals surface area contributed by atoms with Gasteiger partial charge in [-0.3, -0.25) is 29.0 Å². The van der Waals surface area contributed by atoms with E-state index in [1.165, 1.54) is 0 Å². The Kier molecular flexibility index (Phi) is 15.8. The average molecular weight is 1060 g/mol. The zero-order chi connectivity index (χ0) is 46.2. The number of rotatable bonds is 15. The second-order valence-electron chi connectivity index (χ2n) is 16.4. The molecular formula is C50H50Br2Cl2N8O4. The summed E-state index contributed by atoms with van der Waals surface area (Å²) in [6.45, 7) is 7.30. The third-order valence-corrected chi connectivity index (χ3v) is 13.6. The van der Waals surface area contributed by atoms with Crippen molar-refractivity contribution in [3.63, 3.8) is 0 Å². The monoisotopic (exact) mass is 1050 g/mol. The molecule has 4 aromatic carbocycles. The zero-order valence-corrected chi connectivity index (χ0v) is 40.9. The third-order valence-electron chi connectivity index (χ3n) is 12.1. The average Bonchev–Trinajstić information content (AvgIpc) is 3.87. The van der Waals surface area contributed by atoms with Gasteiger partial charge < -0.3 is 30.4 Å². The molecule has 2 aliphatic heterocycles. The van der Waals surface area contributed by atoms with E-state index in [9.17, 15) is 19.2 Å². The summed E-state index contributed by atoms with van der Waals surface area (Å²) >= 11 is 19.2. The molecular weight excluding hydrogens is 1010 g/mol. The van der Waals surface area contributed by atoms with Crippen LogP contribution in [0.2, 0.25) is 10.0 Å². The van der Waals surface area contributed by atoms with Crippen LogP contribution in [-0.2, 0) is 9.59 Å². The van der Waals surface area contributed by atoms with E-state index in [1.807, 2.05) is 119 Å². The van der Waals surface area contributed by atoms with Gasteiger partial charge in [0.2, 0.25) is 11.8 Å². The van der Waals surface area contributed by atoms with Crippen LogP contribution in [0.1, 0.15) is 56.1 Å². The predicted molar refractivity (Wildman–Crippen MR) is 273 cm³/mol. The number of benzene rings is 4. The maximum Gasteiger partial charge on any atom is 0.254 e. The molecule has 2 saturated heterocycles. The fourth-order valence-electron chi connectivity index (χ4n) is 8.43. The molecule has 2 aromatic heterocycles. The molecule has 12 nitrogen and oxygen atoms in total. The zero-order valence-electron chi connectivity index (χ0n) is 36.2. The van der Waals surface area contributed by atoms with Crippen LogP contribution in [0.5, 0.6) is 0 Å². The van der Waals surface area contributed by atoms with Gasteiger partial charge in [-0.25, -0.2) is 0 Å². The molecule has 0 aliphatic carbocycles. The number of amides is 4. The quantitative estimate of drug-likeness (QED) is 0.0811. The Hall–Kier alpha value is -5.22. The van der Waals surface area contributed by atoms with E-state index in [0.717, 1.165) is 41.9 Å². The Morgan fingerprint density at radius 1 is 0.530 bits per heavy atom. The molecule has 4 heterocycles. The lowest BCUT2D eigenvalue weighted by molar-refractivity contribution is -0.138. The van der Waals surface area contributed by atoms with Crippen molar-refractivity contribution in [3.05, 3.63) is 138 Å². The van der Waals surface area contributed by atoms with Gasteiger partial charge in [0.25, 0.3) is 11.8 Å². The van der Waals surface area contributed by atoms with Crippen molar-refractivity contribution in [2.24, 2.45) is 0 Å². The second-order valence-corrected chi connectivity index (χ2v) is 19.1. The third kappa shape index (κ3) is 12.0. The lowest BCUT2D eigenvalue weighted by Gasteiger charge is -2.36. The van der Waals surface area contributed by atoms with Crippen molar-refractivity contribution in [1.82, 2.24) is 40.2 Å². The highest BCUT2D eigenvalue weighted by Gasteiger charge is 2.26. The number of aromatic amines is 2. The minimum atomic E-state index is -0.159. The molecule has 4 N–H and O–H groups in total. The number of carbonyl (C=O) groups is 4. The van der Waals surface area contributed by atoms with Gasteiger partial charge in [0.05, 0.1) is 22.5 Å². The summed E-state index contributed by atoms with van der Waals surface area (Å²) in [6.07, 6.45) is 8.08. The number of aromatic nitrogens is 2. The minimum Gasteiger partial charge on any atom is -0.354 e. The first kappa shape index (κ1) is 47.3. The van der Waals surface area contributed by atoms with Gasteiger partial charge in [-0.15, -0.1) is 0 Å². The maximum absolute atomic E-state index is 13.6. The van der Waals surface area contributed by atoms with Gasteiger partial charge >= 0.3 is 0 Å². The van der Waals surface area contributed by atoms with Crippen LogP contribution < -0.4 is 10.6 Å². The summed E-state index contributed by atoms with van der Waals surface area (Å²) in [5, 5.41) is 9.22. The molecule has 0 spiro atoms. The fourth-order valence-corrected chi connectivity index (χ4v) is 9.41. The Balaban J connectivity index is 0.737. The minimum absolute atomic E-state index is 0.0118. The number of halogens is 4. The highest BCUT2D eigenvalue weighted by Crippen LogP contribution is 2.29. The summed E-state index contributed by atoms with van der Waals surface area (Å²) in [7, 11) is 0. The molecule has 6 aromatic rings. The summed E-state index contributed by atoms with van der Waals surface area (Å²) in [5.41, 5.74) is 6.25. The standard InChI is InChI=1S/C50H50Br2Cl2N8O4/c51-35-7-13-39-43(31-35)57-41(15-5-33-1-9-37(53)10-2-33)47(39)49(65)55-19-21-59-23-27-61(28-24-59)45(63)17-18-46(64)62-29-25-60(26-30-62)22-20-56-50(66)48-40-14-8-36(52)32-44(40)58-42(48)16-6-34-3-11-38(54)12-4-34/h1-16,31-32,57-58H,17-30H2,(H,55,65)(H,56,66)/b15-5+,16-6+. The van der Waals surface area contributed by atoms with Crippen LogP contribution in [0, 0.1) is 0 Å². The number of piperazine rings is 2. The van der Waals surface area contributed by atoms with E-state index in [2.05, 4.69) is 62.3 Å². The van der Waals surface area contributed by atoms with Crippen molar-refractivity contribution >= 4 is 125 Å². The lowest BCUT2D eigenvalue weighted by atomic mass is 10.1. The number of hydrogen-bond donors (Lipinski definition) is 4. The SMILES string of the molecule is O=C(NCCN1CCN(C(=O)CCC(=O)N2CCN(CCNC(=O)c3c(/C=C/c4ccc(Cl)cc4)[nH]c4cc(Br)ccc34)CC2)CC1)c1c(/C=C/c2ccc(Cl)cc2)[nH]c2cc(Br)ccc12. The van der Waals surface area contributed by atoms with Crippen LogP contribution in [0.4, 0.5) is 0 Å². The number of hydrogen-bond acceptors (Lipinski definition) is 6. The van der Waals surface area contributed by atoms with Crippen LogP contribution in [0.15, 0.2) is 93.9 Å². The van der Waals surface area contributed by atoms with Gasteiger partial charge in [0.1, 0.15) is 0 Å². The fraction of sp³-hybridized carbons (Fsp3) is 0.280. The van der Waals surface area contributed by atoms with E-state index < -0.39 is 0 Å². The molecule has 8 rings (SSSR count). The number of carbonyl (C=O) groups excluding carboxylic acids is 4. The van der Waals surface area contributed by atoms with Crippen molar-refractivity contribution < 1.29 is 19.2 Å². The number of fused-ring (bicyclic) bond motifs is 2. The van der Waals surface area contributed by atoms with Crippen LogP contribution >= 0.6 is 55.1 Å². The first-order valence-electron chi connectivity index (χ1n) is 22.0. The van der Waals surface area contributed by atoms with E-state index in [0.29, 0.717) is 111 Å². The summed E-state index contributed by atoms with van der Waals surface area (Å²) in [4.78, 5) is 68.5. The Labute approximate surface area is 410 Å². The summed E-state index contributed by atoms with van der Waals surface area (Å²) in [5.74, 6) is -0.342. The lowest BCUT2D eigenvalue weighted by Crippen LogP contribution is -2.51. The summed E-state index contributed by atoms with van der Waals surface area (Å²) in [6, 6.07) is 26.7. The molecule has 16 heteroatoms. The first-order chi connectivity index (χ1) is 32.0. The van der Waals surface area contributed by atoms with E-state index >= 15 is 0 Å². The molecule has 0 atom stereocenters. The number of nitrogens with zero attached hydrogens (tertiary/aromatic N) is 4. The van der Waals surface area contributed by atoms with Crippen molar-refractivity contribution in [2.75, 3.05) is 78.5 Å². The molecule has 2 fully saturated rings. The Morgan fingerprint density at radius 2 is 0.909 bits per heavy atom. The molecule has 0 unspecified atom stereocenters. The highest BCUT2D eigenvalue weighted by molar-refractivity contribution is 9.10.